The summed E-state index contributed by atoms with van der Waals surface area (Å²) in [4.78, 5) is 18.3. The maximum atomic E-state index is 11.4. The maximum absolute atomic E-state index is 11.4. The van der Waals surface area contributed by atoms with Crippen LogP contribution >= 0.6 is 0 Å². The summed E-state index contributed by atoms with van der Waals surface area (Å²) in [5.74, 6) is 0.692. The molecule has 6 heteroatoms. The second-order valence-electron chi connectivity index (χ2n) is 7.19. The van der Waals surface area contributed by atoms with Gasteiger partial charge in [0.05, 0.1) is 12.1 Å². The molecule has 1 amide bonds. The number of nitrogens with two attached hydrogens (primary N) is 1. The predicted molar refractivity (Wildman–Crippen MR) is 100 cm³/mol. The van der Waals surface area contributed by atoms with Crippen LogP contribution in [0, 0.1) is 0 Å². The minimum Gasteiger partial charge on any atom is -0.393 e. The fraction of sp³-hybridized carbons (Fsp3) is 0.400. The van der Waals surface area contributed by atoms with Gasteiger partial charge in [-0.3, -0.25) is 4.79 Å². The molecule has 0 bridgehead atoms. The molecule has 2 aliphatic rings. The third kappa shape index (κ3) is 3.30. The van der Waals surface area contributed by atoms with Crippen LogP contribution in [-0.4, -0.2) is 52.7 Å². The largest absolute Gasteiger partial charge is 0.393 e. The number of hydrogen-bond donors (Lipinski definition) is 3. The van der Waals surface area contributed by atoms with Gasteiger partial charge in [0.25, 0.3) is 0 Å². The lowest BCUT2D eigenvalue weighted by atomic mass is 9.87. The number of anilines is 1. The van der Waals surface area contributed by atoms with Crippen molar-refractivity contribution >= 4 is 11.7 Å². The van der Waals surface area contributed by atoms with Gasteiger partial charge in [0.15, 0.2) is 0 Å². The number of carbonyl (C=O) groups is 1. The van der Waals surface area contributed by atoms with Crippen molar-refractivity contribution in [2.45, 2.75) is 30.9 Å². The topological polar surface area (TPSA) is 91.5 Å². The Morgan fingerprint density at radius 3 is 2.65 bits per heavy atom. The van der Waals surface area contributed by atoms with Gasteiger partial charge in [0.1, 0.15) is 5.82 Å². The van der Waals surface area contributed by atoms with Gasteiger partial charge in [-0.15, -0.1) is 0 Å². The van der Waals surface area contributed by atoms with E-state index in [1.807, 2.05) is 18.2 Å². The minimum atomic E-state index is -0.411. The molecule has 2 aromatic rings. The Morgan fingerprint density at radius 1 is 1.23 bits per heavy atom. The molecule has 2 unspecified atom stereocenters. The summed E-state index contributed by atoms with van der Waals surface area (Å²) in [7, 11) is 0. The fourth-order valence-corrected chi connectivity index (χ4v) is 4.06. The molecule has 2 aliphatic heterocycles. The highest BCUT2D eigenvalue weighted by Gasteiger charge is 2.35. The molecular formula is C20H24N4O2. The zero-order chi connectivity index (χ0) is 18.1. The Morgan fingerprint density at radius 2 is 1.96 bits per heavy atom. The summed E-state index contributed by atoms with van der Waals surface area (Å²) >= 11 is 0. The number of aliphatic hydroxyl groups excluding tert-OH is 1. The first-order valence-corrected chi connectivity index (χ1v) is 9.13. The lowest BCUT2D eigenvalue weighted by molar-refractivity contribution is 0.0803. The number of aromatic nitrogens is 1. The summed E-state index contributed by atoms with van der Waals surface area (Å²) < 4.78 is 0. The van der Waals surface area contributed by atoms with Gasteiger partial charge in [-0.25, -0.2) is 4.98 Å². The first-order valence-electron chi connectivity index (χ1n) is 9.13. The molecule has 0 radical (unpaired) electrons. The number of benzene rings is 1. The van der Waals surface area contributed by atoms with Crippen molar-refractivity contribution < 1.29 is 9.90 Å². The number of fused-ring (bicyclic) bond motifs is 1. The quantitative estimate of drug-likeness (QED) is 0.777. The van der Waals surface area contributed by atoms with Gasteiger partial charge in [-0.05, 0) is 36.6 Å². The molecule has 1 aromatic heterocycles. The van der Waals surface area contributed by atoms with Gasteiger partial charge in [0, 0.05) is 42.9 Å². The number of piperidine rings is 1. The number of primary amides is 1. The Bertz CT molecular complexity index is 785. The first kappa shape index (κ1) is 17.0. The van der Waals surface area contributed by atoms with Crippen LogP contribution in [0.3, 0.4) is 0 Å². The van der Waals surface area contributed by atoms with Crippen molar-refractivity contribution in [1.82, 2.24) is 9.88 Å². The molecule has 0 saturated carbocycles. The van der Waals surface area contributed by atoms with E-state index in [1.165, 1.54) is 5.56 Å². The number of aliphatic hydroxyl groups is 1. The Hall–Kier alpha value is -2.44. The lowest BCUT2D eigenvalue weighted by Gasteiger charge is -2.33. The van der Waals surface area contributed by atoms with E-state index in [1.54, 1.807) is 18.3 Å². The van der Waals surface area contributed by atoms with Crippen molar-refractivity contribution in [3.05, 3.63) is 59.3 Å². The fourth-order valence-electron chi connectivity index (χ4n) is 4.06. The maximum Gasteiger partial charge on any atom is 0.248 e. The number of likely N-dealkylation sites (tertiary alicyclic amines) is 1. The minimum absolute atomic E-state index is 0.168. The summed E-state index contributed by atoms with van der Waals surface area (Å²) in [5.41, 5.74) is 8.22. The van der Waals surface area contributed by atoms with E-state index in [4.69, 9.17) is 5.73 Å². The molecule has 3 heterocycles. The molecule has 4 N–H and O–H groups in total. The average Bonchev–Trinajstić information content (AvgIpc) is 3.01. The highest BCUT2D eigenvalue weighted by molar-refractivity contribution is 5.92. The second-order valence-corrected chi connectivity index (χ2v) is 7.19. The zero-order valence-electron chi connectivity index (χ0n) is 14.6. The average molecular weight is 352 g/mol. The van der Waals surface area contributed by atoms with Crippen molar-refractivity contribution in [2.24, 2.45) is 5.73 Å². The number of amides is 1. The molecule has 1 fully saturated rings. The number of rotatable bonds is 4. The second kappa shape index (κ2) is 7.05. The predicted octanol–water partition coefficient (Wildman–Crippen LogP) is 1.56. The summed E-state index contributed by atoms with van der Waals surface area (Å²) in [6.45, 7) is 2.72. The van der Waals surface area contributed by atoms with Gasteiger partial charge in [-0.1, -0.05) is 18.2 Å². The number of pyridine rings is 1. The third-order valence-electron chi connectivity index (χ3n) is 5.46. The normalized spacial score (nSPS) is 23.4. The Labute approximate surface area is 153 Å². The van der Waals surface area contributed by atoms with Crippen molar-refractivity contribution in [3.8, 4) is 0 Å². The summed E-state index contributed by atoms with van der Waals surface area (Å²) in [6.07, 6.45) is 3.30. The molecule has 26 heavy (non-hydrogen) atoms. The monoisotopic (exact) mass is 352 g/mol. The molecule has 1 saturated heterocycles. The number of hydrogen-bond acceptors (Lipinski definition) is 5. The lowest BCUT2D eigenvalue weighted by Crippen LogP contribution is -2.43. The van der Waals surface area contributed by atoms with Crippen molar-refractivity contribution in [3.63, 3.8) is 0 Å². The first-order chi connectivity index (χ1) is 12.6. The van der Waals surface area contributed by atoms with Crippen LogP contribution in [0.2, 0.25) is 0 Å². The SMILES string of the molecule is NC(=O)c1ccc(C2c3cccnc3NC2CN2CCC(O)CC2)cc1. The Kier molecular flexibility index (Phi) is 4.61. The summed E-state index contributed by atoms with van der Waals surface area (Å²) in [6, 6.07) is 11.8. The van der Waals surface area contributed by atoms with Gasteiger partial charge >= 0.3 is 0 Å². The van der Waals surface area contributed by atoms with Crippen LogP contribution in [0.15, 0.2) is 42.6 Å². The van der Waals surface area contributed by atoms with E-state index in [2.05, 4.69) is 21.3 Å². The molecule has 1 aromatic carbocycles. The highest BCUT2D eigenvalue weighted by atomic mass is 16.3. The molecule has 6 nitrogen and oxygen atoms in total. The number of nitrogens with one attached hydrogen (secondary N) is 1. The molecule has 2 atom stereocenters. The summed E-state index contributed by atoms with van der Waals surface area (Å²) in [5, 5.41) is 13.3. The molecule has 0 spiro atoms. The van der Waals surface area contributed by atoms with Crippen molar-refractivity contribution in [2.75, 3.05) is 25.0 Å². The van der Waals surface area contributed by atoms with Gasteiger partial charge < -0.3 is 21.1 Å². The van der Waals surface area contributed by atoms with E-state index >= 15 is 0 Å². The van der Waals surface area contributed by atoms with Crippen molar-refractivity contribution in [1.29, 1.82) is 0 Å². The van der Waals surface area contributed by atoms with Crippen LogP contribution in [-0.2, 0) is 0 Å². The standard InChI is InChI=1S/C20H24N4O2/c21-19(26)14-5-3-13(4-6-14)18-16-2-1-9-22-20(16)23-17(18)12-24-10-7-15(25)8-11-24/h1-6,9,15,17-18,25H,7-8,10-12H2,(H2,21,26)(H,22,23). The van der Waals surface area contributed by atoms with E-state index < -0.39 is 5.91 Å². The van der Waals surface area contributed by atoms with E-state index in [9.17, 15) is 9.90 Å². The van der Waals surface area contributed by atoms with E-state index in [-0.39, 0.29) is 18.1 Å². The third-order valence-corrected chi connectivity index (χ3v) is 5.46. The van der Waals surface area contributed by atoms with Crippen LogP contribution in [0.4, 0.5) is 5.82 Å². The molecule has 136 valence electrons. The van der Waals surface area contributed by atoms with Crippen LogP contribution in [0.25, 0.3) is 0 Å². The van der Waals surface area contributed by atoms with Crippen LogP contribution in [0.5, 0.6) is 0 Å². The molecular weight excluding hydrogens is 328 g/mol. The number of nitrogens with zero attached hydrogens (tertiary/aromatic N) is 2. The molecule has 0 aliphatic carbocycles. The van der Waals surface area contributed by atoms with E-state index in [0.717, 1.165) is 43.9 Å². The molecule has 4 rings (SSSR count). The Balaban J connectivity index is 1.60. The van der Waals surface area contributed by atoms with Gasteiger partial charge in [-0.2, -0.15) is 0 Å². The number of carbonyl (C=O) groups excluding carboxylic acids is 1. The zero-order valence-corrected chi connectivity index (χ0v) is 14.6. The van der Waals surface area contributed by atoms with E-state index in [0.29, 0.717) is 5.56 Å². The van der Waals surface area contributed by atoms with Crippen LogP contribution in [0.1, 0.15) is 40.2 Å². The van der Waals surface area contributed by atoms with Crippen LogP contribution < -0.4 is 11.1 Å². The highest BCUT2D eigenvalue weighted by Crippen LogP contribution is 2.39. The van der Waals surface area contributed by atoms with Gasteiger partial charge in [0.2, 0.25) is 5.91 Å². The smallest absolute Gasteiger partial charge is 0.248 e.